The lowest BCUT2D eigenvalue weighted by Gasteiger charge is -2.09. The molecule has 0 saturated heterocycles. The van der Waals surface area contributed by atoms with Gasteiger partial charge in [0.25, 0.3) is 5.69 Å². The monoisotopic (exact) mass is 299 g/mol. The standard InChI is InChI=1S/C15H13N3O2S/c1-10-2-4-11(5-3-10)14-16-17-15(21-14)12-6-8-13(9-7-12)18(19)20/h2-9,15,17H,1H3/t15-/m1/s1. The zero-order valence-electron chi connectivity index (χ0n) is 11.3. The minimum atomic E-state index is -0.396. The smallest absolute Gasteiger partial charge is 0.269 e. The summed E-state index contributed by atoms with van der Waals surface area (Å²) in [5.74, 6) is 0. The van der Waals surface area contributed by atoms with Crippen LogP contribution in [0.15, 0.2) is 53.6 Å². The Bertz CT molecular complexity index is 696. The molecule has 1 atom stereocenters. The van der Waals surface area contributed by atoms with Crippen molar-refractivity contribution in [3.8, 4) is 0 Å². The Labute approximate surface area is 126 Å². The van der Waals surface area contributed by atoms with Crippen molar-refractivity contribution in [3.63, 3.8) is 0 Å². The van der Waals surface area contributed by atoms with E-state index in [1.165, 1.54) is 17.7 Å². The molecule has 2 aromatic carbocycles. The van der Waals surface area contributed by atoms with Crippen LogP contribution in [0.3, 0.4) is 0 Å². The molecule has 0 radical (unpaired) electrons. The Kier molecular flexibility index (Phi) is 3.62. The van der Waals surface area contributed by atoms with Gasteiger partial charge in [-0.15, -0.1) is 0 Å². The second kappa shape index (κ2) is 5.57. The normalized spacial score (nSPS) is 17.2. The summed E-state index contributed by atoms with van der Waals surface area (Å²) in [4.78, 5) is 10.3. The van der Waals surface area contributed by atoms with Crippen molar-refractivity contribution in [2.75, 3.05) is 0 Å². The SMILES string of the molecule is Cc1ccc(C2=NN[C@@H](c3ccc([N+](=O)[O-])cc3)S2)cc1. The molecular weight excluding hydrogens is 286 g/mol. The van der Waals surface area contributed by atoms with Crippen LogP contribution in [0.5, 0.6) is 0 Å². The number of rotatable bonds is 3. The fourth-order valence-electron chi connectivity index (χ4n) is 2.02. The highest BCUT2D eigenvalue weighted by Crippen LogP contribution is 2.34. The van der Waals surface area contributed by atoms with Crippen LogP contribution in [-0.2, 0) is 0 Å². The molecular formula is C15H13N3O2S. The highest BCUT2D eigenvalue weighted by Gasteiger charge is 2.22. The van der Waals surface area contributed by atoms with E-state index >= 15 is 0 Å². The third-order valence-electron chi connectivity index (χ3n) is 3.22. The van der Waals surface area contributed by atoms with Gasteiger partial charge in [0.2, 0.25) is 0 Å². The van der Waals surface area contributed by atoms with E-state index in [9.17, 15) is 10.1 Å². The number of nitro benzene ring substituents is 1. The van der Waals surface area contributed by atoms with Gasteiger partial charge in [-0.05, 0) is 24.6 Å². The number of hydrogen-bond donors (Lipinski definition) is 1. The maximum atomic E-state index is 10.7. The summed E-state index contributed by atoms with van der Waals surface area (Å²) in [5, 5.41) is 15.9. The van der Waals surface area contributed by atoms with Gasteiger partial charge >= 0.3 is 0 Å². The van der Waals surface area contributed by atoms with Crippen molar-refractivity contribution in [1.82, 2.24) is 5.43 Å². The van der Waals surface area contributed by atoms with Gasteiger partial charge in [0.05, 0.1) is 4.92 Å². The van der Waals surface area contributed by atoms with Crippen molar-refractivity contribution in [3.05, 3.63) is 75.3 Å². The molecule has 0 unspecified atom stereocenters. The second-order valence-electron chi connectivity index (χ2n) is 4.76. The fraction of sp³-hybridized carbons (Fsp3) is 0.133. The molecule has 0 fully saturated rings. The predicted octanol–water partition coefficient (Wildman–Crippen LogP) is 3.60. The Balaban J connectivity index is 1.73. The molecule has 1 N–H and O–H groups in total. The maximum Gasteiger partial charge on any atom is 0.269 e. The lowest BCUT2D eigenvalue weighted by Crippen LogP contribution is -2.06. The Hall–Kier alpha value is -2.34. The van der Waals surface area contributed by atoms with Gasteiger partial charge in [0.1, 0.15) is 10.4 Å². The molecule has 0 saturated carbocycles. The second-order valence-corrected chi connectivity index (χ2v) is 5.85. The summed E-state index contributed by atoms with van der Waals surface area (Å²) in [7, 11) is 0. The number of nitro groups is 1. The Morgan fingerprint density at radius 3 is 2.43 bits per heavy atom. The summed E-state index contributed by atoms with van der Waals surface area (Å²) >= 11 is 1.61. The number of nitrogens with one attached hydrogen (secondary N) is 1. The van der Waals surface area contributed by atoms with Crippen LogP contribution in [0.2, 0.25) is 0 Å². The van der Waals surface area contributed by atoms with E-state index in [1.54, 1.807) is 23.9 Å². The van der Waals surface area contributed by atoms with E-state index in [0.717, 1.165) is 16.2 Å². The molecule has 6 heteroatoms. The lowest BCUT2D eigenvalue weighted by molar-refractivity contribution is -0.384. The number of non-ortho nitro benzene ring substituents is 1. The van der Waals surface area contributed by atoms with Gasteiger partial charge in [0.15, 0.2) is 0 Å². The first-order valence-corrected chi connectivity index (χ1v) is 7.33. The van der Waals surface area contributed by atoms with Crippen molar-refractivity contribution in [1.29, 1.82) is 0 Å². The van der Waals surface area contributed by atoms with Gasteiger partial charge in [-0.3, -0.25) is 15.5 Å². The summed E-state index contributed by atoms with van der Waals surface area (Å²) < 4.78 is 0. The summed E-state index contributed by atoms with van der Waals surface area (Å²) in [6.45, 7) is 2.05. The van der Waals surface area contributed by atoms with E-state index in [1.807, 2.05) is 19.1 Å². The molecule has 106 valence electrons. The van der Waals surface area contributed by atoms with E-state index in [-0.39, 0.29) is 11.1 Å². The fourth-order valence-corrected chi connectivity index (χ4v) is 3.02. The predicted molar refractivity (Wildman–Crippen MR) is 84.3 cm³/mol. The number of nitrogens with zero attached hydrogens (tertiary/aromatic N) is 2. The first-order valence-electron chi connectivity index (χ1n) is 6.45. The molecule has 0 bridgehead atoms. The summed E-state index contributed by atoms with van der Waals surface area (Å²) in [5.41, 5.74) is 6.42. The molecule has 0 aromatic heterocycles. The van der Waals surface area contributed by atoms with Crippen molar-refractivity contribution < 1.29 is 4.92 Å². The highest BCUT2D eigenvalue weighted by atomic mass is 32.2. The van der Waals surface area contributed by atoms with Crippen molar-refractivity contribution >= 4 is 22.5 Å². The average Bonchev–Trinajstić information content (AvgIpc) is 2.98. The number of thioether (sulfide) groups is 1. The van der Waals surface area contributed by atoms with E-state index in [4.69, 9.17) is 0 Å². The maximum absolute atomic E-state index is 10.7. The lowest BCUT2D eigenvalue weighted by atomic mass is 10.2. The topological polar surface area (TPSA) is 67.5 Å². The molecule has 1 heterocycles. The molecule has 0 spiro atoms. The zero-order chi connectivity index (χ0) is 14.8. The van der Waals surface area contributed by atoms with E-state index < -0.39 is 4.92 Å². The van der Waals surface area contributed by atoms with E-state index in [0.29, 0.717) is 0 Å². The number of benzene rings is 2. The third kappa shape index (κ3) is 2.90. The molecule has 1 aliphatic heterocycles. The molecule has 0 aliphatic carbocycles. The first kappa shape index (κ1) is 13.6. The average molecular weight is 299 g/mol. The molecule has 3 rings (SSSR count). The highest BCUT2D eigenvalue weighted by molar-refractivity contribution is 8.14. The molecule has 1 aliphatic rings. The summed E-state index contributed by atoms with van der Waals surface area (Å²) in [6.07, 6.45) is 0. The number of aryl methyl sites for hydroxylation is 1. The van der Waals surface area contributed by atoms with Gasteiger partial charge in [0, 0.05) is 17.7 Å². The van der Waals surface area contributed by atoms with Crippen LogP contribution in [0.25, 0.3) is 0 Å². The van der Waals surface area contributed by atoms with Crippen LogP contribution in [-0.4, -0.2) is 9.97 Å². The quantitative estimate of drug-likeness (QED) is 0.694. The molecule has 21 heavy (non-hydrogen) atoms. The largest absolute Gasteiger partial charge is 0.291 e. The van der Waals surface area contributed by atoms with Crippen LogP contribution < -0.4 is 5.43 Å². The Morgan fingerprint density at radius 2 is 1.81 bits per heavy atom. The van der Waals surface area contributed by atoms with Gasteiger partial charge in [-0.25, -0.2) is 0 Å². The van der Waals surface area contributed by atoms with Crippen LogP contribution in [0.1, 0.15) is 22.1 Å². The minimum absolute atomic E-state index is 0.0119. The molecule has 0 amide bonds. The zero-order valence-corrected chi connectivity index (χ0v) is 12.1. The van der Waals surface area contributed by atoms with Crippen molar-refractivity contribution in [2.45, 2.75) is 12.3 Å². The Morgan fingerprint density at radius 1 is 1.14 bits per heavy atom. The number of hydrogen-bond acceptors (Lipinski definition) is 5. The minimum Gasteiger partial charge on any atom is -0.291 e. The molecule has 2 aromatic rings. The van der Waals surface area contributed by atoms with Crippen molar-refractivity contribution in [2.24, 2.45) is 5.10 Å². The van der Waals surface area contributed by atoms with Gasteiger partial charge in [-0.1, -0.05) is 41.6 Å². The van der Waals surface area contributed by atoms with Gasteiger partial charge in [-0.2, -0.15) is 5.10 Å². The first-order chi connectivity index (χ1) is 10.1. The molecule has 5 nitrogen and oxygen atoms in total. The van der Waals surface area contributed by atoms with Crippen LogP contribution in [0.4, 0.5) is 5.69 Å². The van der Waals surface area contributed by atoms with Crippen LogP contribution >= 0.6 is 11.8 Å². The third-order valence-corrected chi connectivity index (χ3v) is 4.38. The number of hydrazone groups is 1. The summed E-state index contributed by atoms with van der Waals surface area (Å²) in [6, 6.07) is 14.7. The van der Waals surface area contributed by atoms with Crippen LogP contribution in [0, 0.1) is 17.0 Å². The van der Waals surface area contributed by atoms with E-state index in [2.05, 4.69) is 22.7 Å². The van der Waals surface area contributed by atoms with Gasteiger partial charge < -0.3 is 0 Å².